The van der Waals surface area contributed by atoms with Crippen LogP contribution in [0.15, 0.2) is 54.6 Å². The minimum absolute atomic E-state index is 0.712. The Morgan fingerprint density at radius 2 is 1.59 bits per heavy atom. The van der Waals surface area contributed by atoms with E-state index in [9.17, 15) is 5.21 Å². The third-order valence-corrected chi connectivity index (χ3v) is 3.02. The van der Waals surface area contributed by atoms with Gasteiger partial charge < -0.3 is 5.21 Å². The van der Waals surface area contributed by atoms with Crippen LogP contribution in [0, 0.1) is 5.21 Å². The summed E-state index contributed by atoms with van der Waals surface area (Å²) in [7, 11) is 1.78. The van der Waals surface area contributed by atoms with Gasteiger partial charge in [-0.25, -0.2) is 0 Å². The van der Waals surface area contributed by atoms with Crippen LogP contribution in [-0.2, 0) is 7.05 Å². The number of hydrogen-bond donors (Lipinski definition) is 0. The highest BCUT2D eigenvalue weighted by Gasteiger charge is 2.19. The van der Waals surface area contributed by atoms with E-state index in [2.05, 4.69) is 0 Å². The number of nitrogens with zero attached hydrogens (tertiary/aromatic N) is 2. The Hall–Kier alpha value is -2.29. The summed E-state index contributed by atoms with van der Waals surface area (Å²) in [4.78, 5) is 0.944. The van der Waals surface area contributed by atoms with E-state index in [4.69, 9.17) is 0 Å². The van der Waals surface area contributed by atoms with Crippen LogP contribution in [0.5, 0.6) is 0 Å². The van der Waals surface area contributed by atoms with Crippen molar-refractivity contribution in [2.24, 2.45) is 7.05 Å². The van der Waals surface area contributed by atoms with Crippen molar-refractivity contribution >= 4 is 10.9 Å². The van der Waals surface area contributed by atoms with E-state index in [-0.39, 0.29) is 0 Å². The second kappa shape index (κ2) is 3.63. The molecule has 0 radical (unpaired) electrons. The zero-order chi connectivity index (χ0) is 11.8. The number of rotatable bonds is 1. The molecule has 0 N–H and O–H groups in total. The van der Waals surface area contributed by atoms with Gasteiger partial charge in [-0.2, -0.15) is 0 Å². The van der Waals surface area contributed by atoms with E-state index < -0.39 is 0 Å². The highest BCUT2D eigenvalue weighted by molar-refractivity contribution is 5.91. The van der Waals surface area contributed by atoms with Gasteiger partial charge in [0, 0.05) is 0 Å². The molecular weight excluding hydrogens is 212 g/mol. The molecule has 1 heterocycles. The first-order chi connectivity index (χ1) is 8.29. The maximum atomic E-state index is 12.2. The molecule has 0 saturated carbocycles. The summed E-state index contributed by atoms with van der Waals surface area (Å²) in [6.07, 6.45) is 0. The minimum Gasteiger partial charge on any atom is -0.595 e. The Bertz CT molecular complexity index is 671. The maximum Gasteiger partial charge on any atom is 0.259 e. The molecule has 84 valence electrons. The Morgan fingerprint density at radius 3 is 2.35 bits per heavy atom. The molecule has 0 saturated heterocycles. The SMILES string of the molecule is Cn1c2ccccc2c(-c2ccccc2)[n+]1[O-]. The van der Waals surface area contributed by atoms with Crippen molar-refractivity contribution in [2.75, 3.05) is 0 Å². The summed E-state index contributed by atoms with van der Waals surface area (Å²) in [6, 6.07) is 17.6. The molecule has 3 rings (SSSR count). The molecule has 0 unspecified atom stereocenters. The Balaban J connectivity index is 2.41. The number of para-hydroxylation sites is 1. The van der Waals surface area contributed by atoms with Crippen LogP contribution in [0.3, 0.4) is 0 Å². The molecule has 2 aromatic carbocycles. The molecule has 0 spiro atoms. The molecule has 0 aliphatic rings. The summed E-state index contributed by atoms with van der Waals surface area (Å²) in [5.74, 6) is 0. The van der Waals surface area contributed by atoms with Gasteiger partial charge in [0.05, 0.1) is 18.0 Å². The number of benzene rings is 2. The number of fused-ring (bicyclic) bond motifs is 1. The monoisotopic (exact) mass is 224 g/mol. The van der Waals surface area contributed by atoms with Crippen LogP contribution in [-0.4, -0.2) is 4.68 Å². The van der Waals surface area contributed by atoms with Gasteiger partial charge in [0.2, 0.25) is 0 Å². The molecule has 0 aliphatic carbocycles. The van der Waals surface area contributed by atoms with Gasteiger partial charge >= 0.3 is 0 Å². The van der Waals surface area contributed by atoms with Gasteiger partial charge in [-0.3, -0.25) is 0 Å². The normalized spacial score (nSPS) is 10.9. The fourth-order valence-electron chi connectivity index (χ4n) is 2.17. The van der Waals surface area contributed by atoms with Crippen molar-refractivity contribution in [1.82, 2.24) is 4.68 Å². The minimum atomic E-state index is 0.712. The summed E-state index contributed by atoms with van der Waals surface area (Å²) in [6.45, 7) is 0. The van der Waals surface area contributed by atoms with E-state index >= 15 is 0 Å². The summed E-state index contributed by atoms with van der Waals surface area (Å²) < 4.78 is 1.62. The highest BCUT2D eigenvalue weighted by atomic mass is 16.5. The molecule has 0 bridgehead atoms. The maximum absolute atomic E-state index is 12.2. The molecule has 17 heavy (non-hydrogen) atoms. The summed E-state index contributed by atoms with van der Waals surface area (Å²) in [5, 5.41) is 13.2. The number of hydrogen-bond acceptors (Lipinski definition) is 1. The van der Waals surface area contributed by atoms with Gasteiger partial charge in [0.25, 0.3) is 5.69 Å². The van der Waals surface area contributed by atoms with Crippen LogP contribution in [0.25, 0.3) is 22.2 Å². The zero-order valence-corrected chi connectivity index (χ0v) is 9.50. The largest absolute Gasteiger partial charge is 0.595 e. The van der Waals surface area contributed by atoms with E-state index in [0.29, 0.717) is 5.69 Å². The lowest BCUT2D eigenvalue weighted by molar-refractivity contribution is -0.678. The van der Waals surface area contributed by atoms with E-state index in [1.165, 1.54) is 0 Å². The van der Waals surface area contributed by atoms with Crippen LogP contribution in [0.4, 0.5) is 0 Å². The lowest BCUT2D eigenvalue weighted by Crippen LogP contribution is -2.36. The predicted octanol–water partition coefficient (Wildman–Crippen LogP) is 2.48. The first kappa shape index (κ1) is 9.90. The average molecular weight is 224 g/mol. The molecule has 3 aromatic rings. The lowest BCUT2D eigenvalue weighted by atomic mass is 10.1. The van der Waals surface area contributed by atoms with Crippen molar-refractivity contribution in [2.45, 2.75) is 0 Å². The third kappa shape index (κ3) is 1.40. The van der Waals surface area contributed by atoms with Crippen LogP contribution in [0.1, 0.15) is 0 Å². The fraction of sp³-hybridized carbons (Fsp3) is 0.0714. The first-order valence-corrected chi connectivity index (χ1v) is 5.52. The van der Waals surface area contributed by atoms with Crippen molar-refractivity contribution < 1.29 is 4.85 Å². The molecule has 1 aromatic heterocycles. The van der Waals surface area contributed by atoms with Crippen molar-refractivity contribution in [3.8, 4) is 11.3 Å². The topological polar surface area (TPSA) is 31.9 Å². The molecule has 0 amide bonds. The van der Waals surface area contributed by atoms with Crippen molar-refractivity contribution in [3.63, 3.8) is 0 Å². The van der Waals surface area contributed by atoms with E-state index in [1.54, 1.807) is 11.7 Å². The van der Waals surface area contributed by atoms with Gasteiger partial charge in [0.15, 0.2) is 0 Å². The van der Waals surface area contributed by atoms with Crippen molar-refractivity contribution in [3.05, 3.63) is 59.8 Å². The Morgan fingerprint density at radius 1 is 0.941 bits per heavy atom. The quantitative estimate of drug-likeness (QED) is 0.461. The smallest absolute Gasteiger partial charge is 0.259 e. The van der Waals surface area contributed by atoms with Crippen LogP contribution < -0.4 is 4.85 Å². The van der Waals surface area contributed by atoms with Gasteiger partial charge in [0.1, 0.15) is 5.52 Å². The molecule has 0 aliphatic heterocycles. The average Bonchev–Trinajstić information content (AvgIpc) is 2.64. The molecule has 0 atom stereocenters. The fourth-order valence-corrected chi connectivity index (χ4v) is 2.17. The summed E-state index contributed by atoms with van der Waals surface area (Å²) >= 11 is 0. The Kier molecular flexibility index (Phi) is 2.11. The van der Waals surface area contributed by atoms with Gasteiger partial charge in [-0.1, -0.05) is 35.2 Å². The van der Waals surface area contributed by atoms with E-state index in [0.717, 1.165) is 21.3 Å². The van der Waals surface area contributed by atoms with Crippen LogP contribution in [0.2, 0.25) is 0 Å². The molecule has 0 fully saturated rings. The van der Waals surface area contributed by atoms with Crippen LogP contribution >= 0.6 is 0 Å². The first-order valence-electron chi connectivity index (χ1n) is 5.52. The highest BCUT2D eigenvalue weighted by Crippen LogP contribution is 2.25. The molecular formula is C14H12N2O. The predicted molar refractivity (Wildman–Crippen MR) is 67.3 cm³/mol. The number of aryl methyl sites for hydroxylation is 1. The number of aromatic nitrogens is 2. The van der Waals surface area contributed by atoms with Gasteiger partial charge in [-0.15, -0.1) is 4.68 Å². The van der Waals surface area contributed by atoms with Gasteiger partial charge in [-0.05, 0) is 24.3 Å². The zero-order valence-electron chi connectivity index (χ0n) is 9.50. The Labute approximate surface area is 99.1 Å². The summed E-state index contributed by atoms with van der Waals surface area (Å²) in [5.41, 5.74) is 2.60. The second-order valence-corrected chi connectivity index (χ2v) is 4.03. The lowest BCUT2D eigenvalue weighted by Gasteiger charge is -2.00. The third-order valence-electron chi connectivity index (χ3n) is 3.02. The molecule has 3 nitrogen and oxygen atoms in total. The standard InChI is InChI=1S/C14H12N2O/c1-15-13-10-6-5-9-12(13)14(16(15)17)11-7-3-2-4-8-11/h2-10H,1H3. The van der Waals surface area contributed by atoms with Crippen molar-refractivity contribution in [1.29, 1.82) is 0 Å². The second-order valence-electron chi connectivity index (χ2n) is 4.03. The van der Waals surface area contributed by atoms with E-state index in [1.807, 2.05) is 54.6 Å². The molecule has 3 heteroatoms.